The van der Waals surface area contributed by atoms with Crippen molar-refractivity contribution in [3.8, 4) is 0 Å². The van der Waals surface area contributed by atoms with Crippen molar-refractivity contribution in [3.63, 3.8) is 0 Å². The lowest BCUT2D eigenvalue weighted by Crippen LogP contribution is -2.10. The van der Waals surface area contributed by atoms with Gasteiger partial charge in [-0.1, -0.05) is 0 Å². The first-order chi connectivity index (χ1) is 19.1. The highest BCUT2D eigenvalue weighted by molar-refractivity contribution is 8.00. The molecule has 0 bridgehead atoms. The van der Waals surface area contributed by atoms with Crippen molar-refractivity contribution in [1.29, 1.82) is 0 Å². The first kappa shape index (κ1) is 39.0. The van der Waals surface area contributed by atoms with Crippen molar-refractivity contribution in [1.82, 2.24) is 0 Å². The van der Waals surface area contributed by atoms with Crippen LogP contribution in [-0.2, 0) is 38.4 Å². The van der Waals surface area contributed by atoms with E-state index >= 15 is 0 Å². The van der Waals surface area contributed by atoms with Gasteiger partial charge in [-0.3, -0.25) is 14.4 Å². The van der Waals surface area contributed by atoms with Crippen LogP contribution in [0.25, 0.3) is 0 Å². The normalized spacial score (nSPS) is 10.9. The van der Waals surface area contributed by atoms with Crippen LogP contribution in [0.2, 0.25) is 0 Å². The molecule has 0 aromatic heterocycles. The maximum absolute atomic E-state index is 11.7. The SMILES string of the molecule is O=C(CCSCCCOOCCSCCOC(=O)CCSCCC(=O)OCCSCCO)OCCSCCO. The minimum absolute atomic E-state index is 0.126. The number of hydrogen-bond donors (Lipinski definition) is 2. The van der Waals surface area contributed by atoms with Gasteiger partial charge in [-0.2, -0.15) is 58.8 Å². The van der Waals surface area contributed by atoms with Gasteiger partial charge in [-0.25, -0.2) is 9.78 Å². The summed E-state index contributed by atoms with van der Waals surface area (Å²) in [6.45, 7) is 2.30. The highest BCUT2D eigenvalue weighted by atomic mass is 32.2. The molecule has 15 heteroatoms. The molecule has 0 amide bonds. The van der Waals surface area contributed by atoms with E-state index in [1.807, 2.05) is 0 Å². The number of esters is 3. The van der Waals surface area contributed by atoms with Gasteiger partial charge in [0.05, 0.1) is 45.7 Å². The number of thioether (sulfide) groups is 5. The molecule has 0 aliphatic rings. The summed E-state index contributed by atoms with van der Waals surface area (Å²) in [5.41, 5.74) is 0. The van der Waals surface area contributed by atoms with E-state index in [9.17, 15) is 14.4 Å². The zero-order valence-corrected chi connectivity index (χ0v) is 26.6. The number of ether oxygens (including phenoxy) is 3. The quantitative estimate of drug-likeness (QED) is 0.0386. The average molecular weight is 653 g/mol. The van der Waals surface area contributed by atoms with Crippen LogP contribution in [0.4, 0.5) is 0 Å². The molecule has 0 aliphatic carbocycles. The molecule has 0 unspecified atom stereocenters. The Bertz CT molecular complexity index is 590. The van der Waals surface area contributed by atoms with Gasteiger partial charge in [0.15, 0.2) is 0 Å². The third-order valence-electron chi connectivity index (χ3n) is 4.21. The van der Waals surface area contributed by atoms with E-state index in [1.54, 1.807) is 35.3 Å². The van der Waals surface area contributed by atoms with E-state index in [4.69, 9.17) is 34.2 Å². The van der Waals surface area contributed by atoms with Crippen LogP contribution in [0.3, 0.4) is 0 Å². The number of aliphatic hydroxyl groups is 2. The van der Waals surface area contributed by atoms with Crippen LogP contribution in [0, 0.1) is 0 Å². The minimum atomic E-state index is -0.242. The summed E-state index contributed by atoms with van der Waals surface area (Å²) in [6.07, 6.45) is 1.85. The summed E-state index contributed by atoms with van der Waals surface area (Å²) in [4.78, 5) is 45.1. The number of aliphatic hydroxyl groups excluding tert-OH is 2. The highest BCUT2D eigenvalue weighted by Crippen LogP contribution is 2.08. The van der Waals surface area contributed by atoms with E-state index in [2.05, 4.69) is 0 Å². The Morgan fingerprint density at radius 2 is 0.795 bits per heavy atom. The van der Waals surface area contributed by atoms with E-state index in [1.165, 1.54) is 23.5 Å². The molecule has 0 radical (unpaired) electrons. The molecular formula is C24H44O10S5. The Hall–Kier alpha value is -0.000000000000000187. The maximum atomic E-state index is 11.7. The fourth-order valence-electron chi connectivity index (χ4n) is 2.40. The smallest absolute Gasteiger partial charge is 0.306 e. The molecule has 39 heavy (non-hydrogen) atoms. The average Bonchev–Trinajstić information content (AvgIpc) is 2.92. The van der Waals surface area contributed by atoms with E-state index in [-0.39, 0.29) is 31.1 Å². The topological polar surface area (TPSA) is 138 Å². The van der Waals surface area contributed by atoms with Crippen LogP contribution in [-0.4, -0.2) is 132 Å². The van der Waals surface area contributed by atoms with Gasteiger partial charge in [0.1, 0.15) is 19.8 Å². The highest BCUT2D eigenvalue weighted by Gasteiger charge is 2.06. The van der Waals surface area contributed by atoms with Gasteiger partial charge in [0, 0.05) is 51.8 Å². The third kappa shape index (κ3) is 32.4. The number of hydrogen-bond acceptors (Lipinski definition) is 15. The van der Waals surface area contributed by atoms with Crippen LogP contribution >= 0.6 is 58.8 Å². The molecule has 0 fully saturated rings. The Labute approximate surface area is 253 Å². The molecule has 0 aliphatic heterocycles. The zero-order chi connectivity index (χ0) is 28.7. The van der Waals surface area contributed by atoms with Crippen molar-refractivity contribution in [2.45, 2.75) is 25.7 Å². The lowest BCUT2D eigenvalue weighted by atomic mass is 10.5. The van der Waals surface area contributed by atoms with Gasteiger partial charge < -0.3 is 24.4 Å². The lowest BCUT2D eigenvalue weighted by Gasteiger charge is -2.06. The van der Waals surface area contributed by atoms with Crippen molar-refractivity contribution in [3.05, 3.63) is 0 Å². The largest absolute Gasteiger partial charge is 0.465 e. The molecule has 0 rings (SSSR count). The second-order valence-corrected chi connectivity index (χ2v) is 13.5. The molecule has 0 aromatic rings. The maximum Gasteiger partial charge on any atom is 0.306 e. The van der Waals surface area contributed by atoms with Gasteiger partial charge in [-0.15, -0.1) is 0 Å². The summed E-state index contributed by atoms with van der Waals surface area (Å²) in [5, 5.41) is 17.3. The molecule has 0 atom stereocenters. The van der Waals surface area contributed by atoms with Crippen molar-refractivity contribution >= 4 is 76.7 Å². The monoisotopic (exact) mass is 652 g/mol. The van der Waals surface area contributed by atoms with E-state index in [0.717, 1.165) is 17.9 Å². The molecule has 0 heterocycles. The van der Waals surface area contributed by atoms with Crippen LogP contribution in [0.5, 0.6) is 0 Å². The standard InChI is InChI=1S/C24H44O10S5/c25-5-16-37-18-8-30-22(27)2-13-35-12-1-7-33-34-11-21-39-20-10-32-24(29)4-15-36-14-3-23(28)31-9-19-38-17-6-26/h25-26H,1-21H2. The molecule has 230 valence electrons. The Balaban J connectivity index is 3.28. The summed E-state index contributed by atoms with van der Waals surface area (Å²) in [7, 11) is 0. The zero-order valence-electron chi connectivity index (χ0n) is 22.6. The number of carbonyl (C=O) groups excluding carboxylic acids is 3. The summed E-state index contributed by atoms with van der Waals surface area (Å²) < 4.78 is 15.4. The molecule has 2 N–H and O–H groups in total. The summed E-state index contributed by atoms with van der Waals surface area (Å²) in [5.74, 6) is 6.25. The van der Waals surface area contributed by atoms with Crippen molar-refractivity contribution < 1.29 is 48.6 Å². The van der Waals surface area contributed by atoms with Gasteiger partial charge in [0.25, 0.3) is 0 Å². The second-order valence-electron chi connectivity index (χ2n) is 7.42. The molecule has 0 saturated carbocycles. The fraction of sp³-hybridized carbons (Fsp3) is 0.875. The van der Waals surface area contributed by atoms with Crippen molar-refractivity contribution in [2.75, 3.05) is 104 Å². The Morgan fingerprint density at radius 1 is 0.436 bits per heavy atom. The second kappa shape index (κ2) is 32.5. The van der Waals surface area contributed by atoms with Crippen LogP contribution in [0.1, 0.15) is 25.7 Å². The predicted molar refractivity (Wildman–Crippen MR) is 164 cm³/mol. The van der Waals surface area contributed by atoms with E-state index in [0.29, 0.717) is 98.3 Å². The lowest BCUT2D eigenvalue weighted by molar-refractivity contribution is -0.289. The Morgan fingerprint density at radius 3 is 1.26 bits per heavy atom. The first-order valence-electron chi connectivity index (χ1n) is 12.9. The Kier molecular flexibility index (Phi) is 32.5. The van der Waals surface area contributed by atoms with Gasteiger partial charge in [0.2, 0.25) is 0 Å². The van der Waals surface area contributed by atoms with Crippen LogP contribution in [0.15, 0.2) is 0 Å². The number of rotatable bonds is 30. The molecular weight excluding hydrogens is 609 g/mol. The van der Waals surface area contributed by atoms with E-state index < -0.39 is 0 Å². The fourth-order valence-corrected chi connectivity index (χ4v) is 5.72. The predicted octanol–water partition coefficient (Wildman–Crippen LogP) is 2.78. The van der Waals surface area contributed by atoms with Gasteiger partial charge in [-0.05, 0) is 12.2 Å². The number of carbonyl (C=O) groups is 3. The van der Waals surface area contributed by atoms with Gasteiger partial charge >= 0.3 is 17.9 Å². The van der Waals surface area contributed by atoms with Crippen molar-refractivity contribution in [2.24, 2.45) is 0 Å². The molecule has 10 nitrogen and oxygen atoms in total. The third-order valence-corrected chi connectivity index (χ3v) is 9.03. The van der Waals surface area contributed by atoms with Crippen LogP contribution < -0.4 is 0 Å². The molecule has 0 spiro atoms. The summed E-state index contributed by atoms with van der Waals surface area (Å²) in [6, 6.07) is 0. The summed E-state index contributed by atoms with van der Waals surface area (Å²) >= 11 is 7.91. The molecule has 0 saturated heterocycles. The minimum Gasteiger partial charge on any atom is -0.465 e. The first-order valence-corrected chi connectivity index (χ1v) is 18.7. The molecule has 0 aromatic carbocycles.